The average molecular weight is 617 g/mol. The zero-order valence-corrected chi connectivity index (χ0v) is 22.3. The van der Waals surface area contributed by atoms with Gasteiger partial charge in [0.1, 0.15) is 12.0 Å². The molecule has 0 saturated heterocycles. The van der Waals surface area contributed by atoms with Gasteiger partial charge in [-0.1, -0.05) is 22.9 Å². The van der Waals surface area contributed by atoms with Crippen molar-refractivity contribution >= 4 is 54.7 Å². The molecule has 10 nitrogen and oxygen atoms in total. The maximum atomic E-state index is 13.2. The number of ether oxygens (including phenoxy) is 2. The summed E-state index contributed by atoms with van der Waals surface area (Å²) >= 11 is 6.90. The lowest BCUT2D eigenvalue weighted by Gasteiger charge is -2.12. The summed E-state index contributed by atoms with van der Waals surface area (Å²) in [5, 5.41) is 15.7. The van der Waals surface area contributed by atoms with Crippen LogP contribution in [-0.4, -0.2) is 32.9 Å². The van der Waals surface area contributed by atoms with Crippen LogP contribution in [0.3, 0.4) is 0 Å². The molecule has 0 radical (unpaired) electrons. The van der Waals surface area contributed by atoms with Gasteiger partial charge in [0.25, 0.3) is 11.2 Å². The van der Waals surface area contributed by atoms with Crippen LogP contribution >= 0.6 is 31.9 Å². The van der Waals surface area contributed by atoms with Gasteiger partial charge in [-0.15, -0.1) is 0 Å². The van der Waals surface area contributed by atoms with Gasteiger partial charge in [0.2, 0.25) is 5.88 Å². The van der Waals surface area contributed by atoms with E-state index >= 15 is 0 Å². The molecule has 2 aromatic heterocycles. The highest BCUT2D eigenvalue weighted by atomic mass is 79.9. The summed E-state index contributed by atoms with van der Waals surface area (Å²) in [7, 11) is 1.48. The highest BCUT2D eigenvalue weighted by Crippen LogP contribution is 2.35. The summed E-state index contributed by atoms with van der Waals surface area (Å²) in [5.74, 6) is 1.43. The van der Waals surface area contributed by atoms with Gasteiger partial charge in [0.05, 0.1) is 29.2 Å². The minimum Gasteiger partial charge on any atom is -0.493 e. The third-order valence-electron chi connectivity index (χ3n) is 5.09. The Balaban J connectivity index is 1.70. The van der Waals surface area contributed by atoms with Gasteiger partial charge in [-0.2, -0.15) is 9.78 Å². The molecular formula is C24H19Br2N5O5. The molecule has 0 saturated carbocycles. The molecule has 0 amide bonds. The van der Waals surface area contributed by atoms with Gasteiger partial charge in [0, 0.05) is 33.1 Å². The Labute approximate surface area is 222 Å². The van der Waals surface area contributed by atoms with Crippen molar-refractivity contribution in [1.82, 2.24) is 14.6 Å². The van der Waals surface area contributed by atoms with Crippen molar-refractivity contribution in [3.8, 4) is 17.4 Å². The Morgan fingerprint density at radius 1 is 1.17 bits per heavy atom. The van der Waals surface area contributed by atoms with Crippen molar-refractivity contribution in [2.45, 2.75) is 19.8 Å². The number of halogens is 2. The summed E-state index contributed by atoms with van der Waals surface area (Å²) in [6.07, 6.45) is 4.02. The maximum Gasteiger partial charge on any atom is 0.287 e. The number of fused-ring (bicyclic) bond motifs is 1. The van der Waals surface area contributed by atoms with Crippen molar-refractivity contribution < 1.29 is 14.4 Å². The molecule has 0 spiro atoms. The SMILES string of the molecule is CCCc1nc2ccc(Br)cc2c(=O)n1N=Cc1cc(OC)c(Oc2ccc([N+](=O)[O-])cn2)cc1Br. The van der Waals surface area contributed by atoms with Crippen LogP contribution in [0.5, 0.6) is 17.4 Å². The molecule has 184 valence electrons. The molecule has 2 heterocycles. The standard InChI is InChI=1S/C24H19Br2N5O5/c1-3-4-22-29-19-7-5-15(25)10-17(19)24(32)30(22)28-12-14-9-20(35-2)21(11-18(14)26)36-23-8-6-16(13-27-23)31(33)34/h5-13H,3-4H2,1-2H3. The van der Waals surface area contributed by atoms with Gasteiger partial charge < -0.3 is 9.47 Å². The number of aromatic nitrogens is 3. The van der Waals surface area contributed by atoms with Crippen LogP contribution in [0.2, 0.25) is 0 Å². The summed E-state index contributed by atoms with van der Waals surface area (Å²) < 4.78 is 13.9. The van der Waals surface area contributed by atoms with E-state index in [9.17, 15) is 14.9 Å². The molecule has 0 atom stereocenters. The lowest BCUT2D eigenvalue weighted by atomic mass is 10.2. The molecule has 0 unspecified atom stereocenters. The van der Waals surface area contributed by atoms with E-state index in [0.717, 1.165) is 17.1 Å². The van der Waals surface area contributed by atoms with Gasteiger partial charge in [0.15, 0.2) is 11.5 Å². The molecule has 0 aliphatic heterocycles. The van der Waals surface area contributed by atoms with Crippen molar-refractivity contribution in [1.29, 1.82) is 0 Å². The Morgan fingerprint density at radius 3 is 2.64 bits per heavy atom. The van der Waals surface area contributed by atoms with Crippen LogP contribution < -0.4 is 15.0 Å². The first-order valence-corrected chi connectivity index (χ1v) is 12.3. The van der Waals surface area contributed by atoms with Crippen molar-refractivity contribution in [3.05, 3.63) is 89.5 Å². The summed E-state index contributed by atoms with van der Waals surface area (Å²) in [6, 6.07) is 11.4. The second-order valence-electron chi connectivity index (χ2n) is 7.54. The van der Waals surface area contributed by atoms with Crippen molar-refractivity contribution in [2.75, 3.05) is 7.11 Å². The molecule has 0 N–H and O–H groups in total. The molecule has 4 aromatic rings. The number of pyridine rings is 1. The third-order valence-corrected chi connectivity index (χ3v) is 6.27. The highest BCUT2D eigenvalue weighted by Gasteiger charge is 2.14. The molecule has 0 aliphatic carbocycles. The van der Waals surface area contributed by atoms with E-state index in [1.807, 2.05) is 13.0 Å². The van der Waals surface area contributed by atoms with E-state index in [0.29, 0.717) is 44.7 Å². The fraction of sp³-hybridized carbons (Fsp3) is 0.167. The molecule has 0 fully saturated rings. The lowest BCUT2D eigenvalue weighted by molar-refractivity contribution is -0.385. The second kappa shape index (κ2) is 11.0. The number of nitrogens with zero attached hydrogens (tertiary/aromatic N) is 5. The number of methoxy groups -OCH3 is 1. The molecule has 2 aromatic carbocycles. The summed E-state index contributed by atoms with van der Waals surface area (Å²) in [6.45, 7) is 2.01. The van der Waals surface area contributed by atoms with Crippen LogP contribution in [0.15, 0.2) is 67.5 Å². The Morgan fingerprint density at radius 2 is 1.97 bits per heavy atom. The van der Waals surface area contributed by atoms with E-state index in [2.05, 4.69) is 46.9 Å². The predicted octanol–water partition coefficient (Wildman–Crippen LogP) is 5.86. The van der Waals surface area contributed by atoms with Crippen LogP contribution in [0, 0.1) is 10.1 Å². The minimum absolute atomic E-state index is 0.143. The normalized spacial score (nSPS) is 11.2. The quantitative estimate of drug-likeness (QED) is 0.138. The summed E-state index contributed by atoms with van der Waals surface area (Å²) in [5.41, 5.74) is 0.824. The number of nitro groups is 1. The Bertz CT molecular complexity index is 1540. The monoisotopic (exact) mass is 615 g/mol. The molecule has 36 heavy (non-hydrogen) atoms. The fourth-order valence-corrected chi connectivity index (χ4v) is 4.15. The van der Waals surface area contributed by atoms with Crippen LogP contribution in [0.25, 0.3) is 10.9 Å². The number of hydrogen-bond acceptors (Lipinski definition) is 8. The zero-order valence-electron chi connectivity index (χ0n) is 19.1. The van der Waals surface area contributed by atoms with E-state index in [1.165, 1.54) is 30.1 Å². The predicted molar refractivity (Wildman–Crippen MR) is 142 cm³/mol. The average Bonchev–Trinajstić information content (AvgIpc) is 2.86. The molecule has 4 rings (SSSR count). The first-order valence-electron chi connectivity index (χ1n) is 10.7. The topological polar surface area (TPSA) is 122 Å². The number of aryl methyl sites for hydroxylation is 1. The van der Waals surface area contributed by atoms with E-state index in [-0.39, 0.29) is 17.1 Å². The molecule has 0 bridgehead atoms. The highest BCUT2D eigenvalue weighted by molar-refractivity contribution is 9.10. The van der Waals surface area contributed by atoms with Gasteiger partial charge >= 0.3 is 0 Å². The zero-order chi connectivity index (χ0) is 25.8. The summed E-state index contributed by atoms with van der Waals surface area (Å²) in [4.78, 5) is 32.1. The van der Waals surface area contributed by atoms with E-state index in [4.69, 9.17) is 9.47 Å². The Hall–Kier alpha value is -3.64. The molecular weight excluding hydrogens is 598 g/mol. The van der Waals surface area contributed by atoms with Crippen LogP contribution in [-0.2, 0) is 6.42 Å². The van der Waals surface area contributed by atoms with Gasteiger partial charge in [-0.05, 0) is 52.7 Å². The van der Waals surface area contributed by atoms with Crippen molar-refractivity contribution in [3.63, 3.8) is 0 Å². The largest absolute Gasteiger partial charge is 0.493 e. The van der Waals surface area contributed by atoms with E-state index in [1.54, 1.807) is 24.3 Å². The second-order valence-corrected chi connectivity index (χ2v) is 9.31. The third kappa shape index (κ3) is 5.44. The minimum atomic E-state index is -0.538. The van der Waals surface area contributed by atoms with E-state index < -0.39 is 4.92 Å². The van der Waals surface area contributed by atoms with Crippen LogP contribution in [0.1, 0.15) is 24.7 Å². The van der Waals surface area contributed by atoms with Crippen molar-refractivity contribution in [2.24, 2.45) is 5.10 Å². The number of benzene rings is 2. The van der Waals surface area contributed by atoms with Crippen LogP contribution in [0.4, 0.5) is 5.69 Å². The fourth-order valence-electron chi connectivity index (χ4n) is 3.36. The number of hydrogen-bond donors (Lipinski definition) is 0. The lowest BCUT2D eigenvalue weighted by Crippen LogP contribution is -2.22. The first kappa shape index (κ1) is 25.5. The van der Waals surface area contributed by atoms with Gasteiger partial charge in [-0.3, -0.25) is 14.9 Å². The van der Waals surface area contributed by atoms with Gasteiger partial charge in [-0.25, -0.2) is 9.97 Å². The molecule has 0 aliphatic rings. The molecule has 12 heteroatoms. The number of rotatable bonds is 8. The maximum absolute atomic E-state index is 13.2. The Kier molecular flexibility index (Phi) is 7.75. The smallest absolute Gasteiger partial charge is 0.287 e. The first-order chi connectivity index (χ1) is 17.3.